The van der Waals surface area contributed by atoms with Crippen LogP contribution in [0.1, 0.15) is 34.8 Å². The summed E-state index contributed by atoms with van der Waals surface area (Å²) in [4.78, 5) is 17.5. The van der Waals surface area contributed by atoms with Crippen molar-refractivity contribution in [2.24, 2.45) is 5.84 Å². The molecule has 168 valence electrons. The van der Waals surface area contributed by atoms with Gasteiger partial charge in [-0.05, 0) is 48.4 Å². The summed E-state index contributed by atoms with van der Waals surface area (Å²) in [6.45, 7) is 3.16. The Morgan fingerprint density at radius 3 is 2.84 bits per heavy atom. The third kappa shape index (κ3) is 4.67. The molecule has 2 aromatic carbocycles. The lowest BCUT2D eigenvalue weighted by molar-refractivity contribution is -0.0260. The molecule has 1 aromatic heterocycles. The number of pyridine rings is 1. The number of aliphatic hydroxyl groups excluding tert-OH is 1. The number of nitrogens with zero attached hydrogens (tertiary/aromatic N) is 1. The van der Waals surface area contributed by atoms with E-state index in [0.717, 1.165) is 21.9 Å². The zero-order valence-corrected chi connectivity index (χ0v) is 18.0. The van der Waals surface area contributed by atoms with Crippen LogP contribution >= 0.6 is 0 Å². The molecular formula is C24H28N4O4. The lowest BCUT2D eigenvalue weighted by Crippen LogP contribution is -2.48. The monoisotopic (exact) mass is 436 g/mol. The molecule has 1 fully saturated rings. The highest BCUT2D eigenvalue weighted by molar-refractivity contribution is 6.09. The topological polar surface area (TPSA) is 119 Å². The predicted molar refractivity (Wildman–Crippen MR) is 123 cm³/mol. The summed E-state index contributed by atoms with van der Waals surface area (Å²) in [5, 5.41) is 15.0. The smallest absolute Gasteiger partial charge is 0.253 e. The zero-order chi connectivity index (χ0) is 22.5. The van der Waals surface area contributed by atoms with Gasteiger partial charge in [0.2, 0.25) is 5.88 Å². The molecule has 0 radical (unpaired) electrons. The van der Waals surface area contributed by atoms with Crippen LogP contribution in [0.15, 0.2) is 48.7 Å². The average molecular weight is 437 g/mol. The molecule has 4 rings (SSSR count). The number of nitrogen functional groups attached to an aromatic ring is 1. The normalized spacial score (nSPS) is 18.3. The Balaban J connectivity index is 1.73. The minimum Gasteiger partial charge on any atom is -0.478 e. The van der Waals surface area contributed by atoms with Crippen LogP contribution in [-0.4, -0.2) is 48.0 Å². The van der Waals surface area contributed by atoms with Crippen molar-refractivity contribution in [1.82, 2.24) is 10.3 Å². The Labute approximate surface area is 186 Å². The van der Waals surface area contributed by atoms with Crippen LogP contribution in [0.5, 0.6) is 5.88 Å². The molecule has 2 unspecified atom stereocenters. The van der Waals surface area contributed by atoms with E-state index < -0.39 is 6.10 Å². The number of benzene rings is 2. The maximum Gasteiger partial charge on any atom is 0.253 e. The number of hydrogen-bond donors (Lipinski definition) is 4. The molecule has 0 spiro atoms. The molecule has 1 saturated heterocycles. The van der Waals surface area contributed by atoms with E-state index in [-0.39, 0.29) is 18.6 Å². The van der Waals surface area contributed by atoms with Crippen molar-refractivity contribution >= 4 is 22.4 Å². The van der Waals surface area contributed by atoms with Crippen LogP contribution in [0.2, 0.25) is 0 Å². The van der Waals surface area contributed by atoms with Gasteiger partial charge in [-0.3, -0.25) is 10.6 Å². The van der Waals surface area contributed by atoms with E-state index in [2.05, 4.69) is 15.7 Å². The van der Waals surface area contributed by atoms with Crippen molar-refractivity contribution < 1.29 is 19.4 Å². The summed E-state index contributed by atoms with van der Waals surface area (Å²) < 4.78 is 10.8. The van der Waals surface area contributed by atoms with Crippen LogP contribution in [0, 0.1) is 0 Å². The third-order valence-electron chi connectivity index (χ3n) is 5.65. The van der Waals surface area contributed by atoms with Crippen LogP contribution in [-0.2, 0) is 11.2 Å². The number of carbonyl (C=O) groups excluding carboxylic acids is 1. The van der Waals surface area contributed by atoms with E-state index in [1.165, 1.54) is 0 Å². The van der Waals surface area contributed by atoms with Gasteiger partial charge in [0, 0.05) is 24.3 Å². The van der Waals surface area contributed by atoms with Crippen LogP contribution in [0.4, 0.5) is 5.69 Å². The van der Waals surface area contributed by atoms with E-state index in [1.807, 2.05) is 49.4 Å². The fourth-order valence-electron chi connectivity index (χ4n) is 4.08. The van der Waals surface area contributed by atoms with Crippen LogP contribution < -0.4 is 21.3 Å². The molecule has 1 aliphatic heterocycles. The standard InChI is InChI=1S/C24H28N4O4/c1-2-32-22-12-15(7-9-26-22)11-16-13-19(23(28-25)18-6-4-3-5-17(16)18)24(30)27-20-8-10-31-14-21(20)29/h3-7,9,12-13,20-21,28-29H,2,8,10-11,14,25H2,1H3,(H,27,30). The lowest BCUT2D eigenvalue weighted by atomic mass is 9.94. The molecule has 1 amide bonds. The molecule has 8 heteroatoms. The Kier molecular flexibility index (Phi) is 6.84. The van der Waals surface area contributed by atoms with Crippen molar-refractivity contribution in [3.8, 4) is 5.88 Å². The quantitative estimate of drug-likeness (QED) is 0.332. The molecule has 1 aliphatic rings. The zero-order valence-electron chi connectivity index (χ0n) is 18.0. The van der Waals surface area contributed by atoms with Crippen molar-refractivity contribution in [3.05, 3.63) is 65.4 Å². The van der Waals surface area contributed by atoms with Gasteiger partial charge >= 0.3 is 0 Å². The van der Waals surface area contributed by atoms with Gasteiger partial charge in [0.25, 0.3) is 5.91 Å². The maximum absolute atomic E-state index is 13.2. The number of carbonyl (C=O) groups is 1. The number of hydrazine groups is 1. The average Bonchev–Trinajstić information content (AvgIpc) is 2.81. The molecular weight excluding hydrogens is 408 g/mol. The number of amides is 1. The van der Waals surface area contributed by atoms with Crippen molar-refractivity contribution in [2.45, 2.75) is 31.9 Å². The minimum absolute atomic E-state index is 0.208. The first-order valence-electron chi connectivity index (χ1n) is 10.8. The second-order valence-electron chi connectivity index (χ2n) is 7.77. The summed E-state index contributed by atoms with van der Waals surface area (Å²) in [6, 6.07) is 13.2. The molecule has 0 aliphatic carbocycles. The van der Waals surface area contributed by atoms with Gasteiger partial charge in [-0.1, -0.05) is 24.3 Å². The number of aromatic nitrogens is 1. The fourth-order valence-corrected chi connectivity index (χ4v) is 4.08. The maximum atomic E-state index is 13.2. The first-order valence-corrected chi connectivity index (χ1v) is 10.8. The SMILES string of the molecule is CCOc1cc(Cc2cc(C(=O)NC3CCOCC3O)c(NN)c3ccccc23)ccn1. The number of nitrogens with one attached hydrogen (secondary N) is 2. The van der Waals surface area contributed by atoms with Gasteiger partial charge in [0.05, 0.1) is 36.6 Å². The molecule has 3 aromatic rings. The number of rotatable bonds is 7. The van der Waals surface area contributed by atoms with Gasteiger partial charge in [-0.25, -0.2) is 4.98 Å². The molecule has 5 N–H and O–H groups in total. The molecule has 32 heavy (non-hydrogen) atoms. The molecule has 2 heterocycles. The van der Waals surface area contributed by atoms with Crippen molar-refractivity contribution in [1.29, 1.82) is 0 Å². The number of nitrogens with two attached hydrogens (primary N) is 1. The Morgan fingerprint density at radius 2 is 2.09 bits per heavy atom. The summed E-state index contributed by atoms with van der Waals surface area (Å²) in [6.07, 6.45) is 2.12. The first-order chi connectivity index (χ1) is 15.6. The largest absolute Gasteiger partial charge is 0.478 e. The fraction of sp³-hybridized carbons (Fsp3) is 0.333. The van der Waals surface area contributed by atoms with Gasteiger partial charge in [-0.2, -0.15) is 0 Å². The number of fused-ring (bicyclic) bond motifs is 1. The first kappa shape index (κ1) is 22.0. The van der Waals surface area contributed by atoms with Crippen LogP contribution in [0.3, 0.4) is 0 Å². The molecule has 2 atom stereocenters. The third-order valence-corrected chi connectivity index (χ3v) is 5.65. The number of aliphatic hydroxyl groups is 1. The van der Waals surface area contributed by atoms with Crippen LogP contribution in [0.25, 0.3) is 10.8 Å². The molecule has 0 saturated carbocycles. The molecule has 0 bridgehead atoms. The Bertz CT molecular complexity index is 1100. The van der Waals surface area contributed by atoms with Crippen molar-refractivity contribution in [2.75, 3.05) is 25.2 Å². The highest BCUT2D eigenvalue weighted by atomic mass is 16.5. The van der Waals surface area contributed by atoms with E-state index >= 15 is 0 Å². The molecule has 8 nitrogen and oxygen atoms in total. The number of hydrogen-bond acceptors (Lipinski definition) is 7. The number of anilines is 1. The minimum atomic E-state index is -0.740. The van der Waals surface area contributed by atoms with Gasteiger partial charge in [0.15, 0.2) is 0 Å². The van der Waals surface area contributed by atoms with Gasteiger partial charge in [-0.15, -0.1) is 0 Å². The van der Waals surface area contributed by atoms with E-state index in [9.17, 15) is 9.90 Å². The van der Waals surface area contributed by atoms with Gasteiger partial charge in [0.1, 0.15) is 0 Å². The highest BCUT2D eigenvalue weighted by Gasteiger charge is 2.27. The Morgan fingerprint density at radius 1 is 1.28 bits per heavy atom. The van der Waals surface area contributed by atoms with E-state index in [1.54, 1.807) is 6.20 Å². The summed E-state index contributed by atoms with van der Waals surface area (Å²) in [7, 11) is 0. The Hall–Kier alpha value is -3.20. The van der Waals surface area contributed by atoms with Gasteiger partial charge < -0.3 is 25.3 Å². The highest BCUT2D eigenvalue weighted by Crippen LogP contribution is 2.32. The summed E-state index contributed by atoms with van der Waals surface area (Å²) >= 11 is 0. The predicted octanol–water partition coefficient (Wildman–Crippen LogP) is 2.39. The second-order valence-corrected chi connectivity index (χ2v) is 7.77. The second kappa shape index (κ2) is 9.95. The number of ether oxygens (including phenoxy) is 2. The van der Waals surface area contributed by atoms with E-state index in [0.29, 0.717) is 43.2 Å². The van der Waals surface area contributed by atoms with E-state index in [4.69, 9.17) is 15.3 Å². The summed E-state index contributed by atoms with van der Waals surface area (Å²) in [5.74, 6) is 6.13. The van der Waals surface area contributed by atoms with Crippen molar-refractivity contribution in [3.63, 3.8) is 0 Å². The lowest BCUT2D eigenvalue weighted by Gasteiger charge is -2.29. The summed E-state index contributed by atoms with van der Waals surface area (Å²) in [5.41, 5.74) is 5.68.